The minimum atomic E-state index is -0.510. The molecule has 0 radical (unpaired) electrons. The molecule has 4 rings (SSSR count). The highest BCUT2D eigenvalue weighted by Crippen LogP contribution is 2.38. The maximum atomic E-state index is 12.6. The van der Waals surface area contributed by atoms with Gasteiger partial charge in [-0.1, -0.05) is 11.6 Å². The normalized spacial score (nSPS) is 16.1. The molecule has 0 bridgehead atoms. The number of halogens is 1. The number of amides is 1. The molecule has 2 aromatic rings. The van der Waals surface area contributed by atoms with Crippen molar-refractivity contribution < 1.29 is 23.7 Å². The van der Waals surface area contributed by atoms with Crippen LogP contribution in [-0.2, 0) is 4.79 Å². The van der Waals surface area contributed by atoms with Crippen molar-refractivity contribution in [2.45, 2.75) is 13.8 Å². The number of methoxy groups -OCH3 is 1. The quantitative estimate of drug-likeness (QED) is 0.377. The van der Waals surface area contributed by atoms with Gasteiger partial charge in [-0.15, -0.1) is 0 Å². The molecule has 0 aromatic heterocycles. The molecule has 0 unspecified atom stereocenters. The largest absolute Gasteiger partial charge is 0.497 e. The molecular weight excluding hydrogens is 492 g/mol. The Labute approximate surface area is 211 Å². The lowest BCUT2D eigenvalue weighted by atomic mass is 10.1. The second kappa shape index (κ2) is 10.8. The Morgan fingerprint density at radius 1 is 1.11 bits per heavy atom. The Balaban J connectivity index is 1.49. The average Bonchev–Trinajstić information content (AvgIpc) is 3.21. The van der Waals surface area contributed by atoms with Gasteiger partial charge in [-0.3, -0.25) is 10.2 Å². The first-order valence-electron chi connectivity index (χ1n) is 10.7. The summed E-state index contributed by atoms with van der Waals surface area (Å²) >= 11 is 7.76. The Bertz CT molecular complexity index is 1240. The van der Waals surface area contributed by atoms with E-state index in [1.54, 1.807) is 32.2 Å². The Hall–Kier alpha value is -3.50. The van der Waals surface area contributed by atoms with Crippen LogP contribution in [0.5, 0.6) is 23.0 Å². The van der Waals surface area contributed by atoms with Crippen LogP contribution in [0.15, 0.2) is 52.1 Å². The van der Waals surface area contributed by atoms with Crippen molar-refractivity contribution in [3.05, 3.63) is 52.6 Å². The third kappa shape index (κ3) is 5.60. The summed E-state index contributed by atoms with van der Waals surface area (Å²) in [5.41, 5.74) is 0.674. The predicted octanol–water partition coefficient (Wildman–Crippen LogP) is 4.84. The molecule has 0 saturated carbocycles. The van der Waals surface area contributed by atoms with Crippen molar-refractivity contribution in [3.8, 4) is 23.0 Å². The molecule has 2 aromatic carbocycles. The second-order valence-corrected chi connectivity index (χ2v) is 8.84. The molecular formula is C24H23ClN4O5S. The standard InChI is InChI=1S/C24H23ClN4O5S/c1-4-32-20-13-15(11-18-22(26)29-24(27-23(18)30)35-14(2)28-29)12-19(25)21(20)34-10-9-33-17-7-5-16(31-3)6-8-17/h5-8,11-13,26H,4,9-10H2,1-3H3/b18-11+,26-22?. The minimum Gasteiger partial charge on any atom is -0.497 e. The fourth-order valence-corrected chi connectivity index (χ4v) is 4.31. The Morgan fingerprint density at radius 2 is 1.83 bits per heavy atom. The molecule has 0 saturated heterocycles. The number of rotatable bonds is 9. The number of aliphatic imine (C=N–C) groups is 1. The van der Waals surface area contributed by atoms with E-state index in [0.29, 0.717) is 51.3 Å². The lowest BCUT2D eigenvalue weighted by Crippen LogP contribution is -2.35. The van der Waals surface area contributed by atoms with E-state index in [2.05, 4.69) is 10.1 Å². The van der Waals surface area contributed by atoms with Crippen LogP contribution >= 0.6 is 23.4 Å². The van der Waals surface area contributed by atoms with Crippen LogP contribution in [0.4, 0.5) is 0 Å². The zero-order chi connectivity index (χ0) is 24.9. The zero-order valence-corrected chi connectivity index (χ0v) is 20.9. The smallest absolute Gasteiger partial charge is 0.283 e. The van der Waals surface area contributed by atoms with Crippen molar-refractivity contribution in [1.29, 1.82) is 5.41 Å². The van der Waals surface area contributed by atoms with E-state index in [0.717, 1.165) is 5.75 Å². The molecule has 11 heteroatoms. The minimum absolute atomic E-state index is 0.0468. The molecule has 182 valence electrons. The van der Waals surface area contributed by atoms with Gasteiger partial charge in [0.2, 0.25) is 5.17 Å². The first-order chi connectivity index (χ1) is 16.9. The number of fused-ring (bicyclic) bond motifs is 1. The second-order valence-electron chi connectivity index (χ2n) is 7.27. The van der Waals surface area contributed by atoms with Crippen LogP contribution < -0.4 is 18.9 Å². The van der Waals surface area contributed by atoms with E-state index in [4.69, 9.17) is 36.0 Å². The number of ether oxygens (including phenoxy) is 4. The highest BCUT2D eigenvalue weighted by atomic mass is 35.5. The summed E-state index contributed by atoms with van der Waals surface area (Å²) in [5.74, 6) is 1.67. The van der Waals surface area contributed by atoms with Crippen molar-refractivity contribution in [2.75, 3.05) is 26.9 Å². The van der Waals surface area contributed by atoms with E-state index in [1.165, 1.54) is 16.8 Å². The molecule has 0 aliphatic carbocycles. The number of carbonyl (C=O) groups is 1. The first kappa shape index (κ1) is 24.6. The third-order valence-corrected chi connectivity index (χ3v) is 5.96. The number of hydrazone groups is 1. The van der Waals surface area contributed by atoms with Crippen molar-refractivity contribution in [3.63, 3.8) is 0 Å². The van der Waals surface area contributed by atoms with Gasteiger partial charge in [0.25, 0.3) is 5.91 Å². The van der Waals surface area contributed by atoms with Gasteiger partial charge in [-0.2, -0.15) is 15.1 Å². The van der Waals surface area contributed by atoms with Crippen molar-refractivity contribution in [2.24, 2.45) is 10.1 Å². The van der Waals surface area contributed by atoms with Gasteiger partial charge < -0.3 is 18.9 Å². The lowest BCUT2D eigenvalue weighted by Gasteiger charge is -2.20. The van der Waals surface area contributed by atoms with Gasteiger partial charge in [0, 0.05) is 0 Å². The number of thioether (sulfide) groups is 1. The van der Waals surface area contributed by atoms with Gasteiger partial charge in [0.1, 0.15) is 24.7 Å². The average molecular weight is 515 g/mol. The van der Waals surface area contributed by atoms with Crippen LogP contribution in [0.2, 0.25) is 5.02 Å². The molecule has 0 spiro atoms. The third-order valence-electron chi connectivity index (χ3n) is 4.86. The Kier molecular flexibility index (Phi) is 7.62. The van der Waals surface area contributed by atoms with E-state index in [1.807, 2.05) is 31.2 Å². The zero-order valence-electron chi connectivity index (χ0n) is 19.3. The van der Waals surface area contributed by atoms with Gasteiger partial charge in [-0.05, 0) is 73.6 Å². The van der Waals surface area contributed by atoms with Crippen molar-refractivity contribution >= 4 is 51.4 Å². The van der Waals surface area contributed by atoms with Crippen LogP contribution in [0, 0.1) is 5.41 Å². The number of hydrogen-bond acceptors (Lipinski definition) is 8. The number of nitrogens with zero attached hydrogens (tertiary/aromatic N) is 3. The van der Waals surface area contributed by atoms with Gasteiger partial charge in [0.15, 0.2) is 17.3 Å². The monoisotopic (exact) mass is 514 g/mol. The molecule has 35 heavy (non-hydrogen) atoms. The molecule has 9 nitrogen and oxygen atoms in total. The maximum absolute atomic E-state index is 12.6. The summed E-state index contributed by atoms with van der Waals surface area (Å²) < 4.78 is 22.4. The highest BCUT2D eigenvalue weighted by molar-refractivity contribution is 8.26. The van der Waals surface area contributed by atoms with E-state index >= 15 is 0 Å². The van der Waals surface area contributed by atoms with E-state index in [9.17, 15) is 4.79 Å². The number of carbonyl (C=O) groups excluding carboxylic acids is 1. The topological polar surface area (TPSA) is 106 Å². The number of nitrogens with one attached hydrogen (secondary N) is 1. The SMILES string of the molecule is CCOc1cc(/C=C2\C(=N)N3N=C(C)SC3=NC2=O)cc(Cl)c1OCCOc1ccc(OC)cc1. The molecule has 2 aliphatic rings. The fourth-order valence-electron chi connectivity index (χ4n) is 3.30. The molecule has 1 N–H and O–H groups in total. The van der Waals surface area contributed by atoms with Crippen LogP contribution in [0.25, 0.3) is 6.08 Å². The summed E-state index contributed by atoms with van der Waals surface area (Å²) in [7, 11) is 1.61. The number of amidine groups is 2. The van der Waals surface area contributed by atoms with Crippen LogP contribution in [0.1, 0.15) is 19.4 Å². The van der Waals surface area contributed by atoms with Crippen LogP contribution in [-0.4, -0.2) is 53.9 Å². The van der Waals surface area contributed by atoms with Gasteiger partial charge >= 0.3 is 0 Å². The summed E-state index contributed by atoms with van der Waals surface area (Å²) in [6, 6.07) is 10.6. The molecule has 0 atom stereocenters. The molecule has 0 fully saturated rings. The van der Waals surface area contributed by atoms with E-state index < -0.39 is 5.91 Å². The lowest BCUT2D eigenvalue weighted by molar-refractivity contribution is -0.114. The molecule has 1 amide bonds. The molecule has 2 aliphatic heterocycles. The summed E-state index contributed by atoms with van der Waals surface area (Å²) in [6.45, 7) is 4.55. The summed E-state index contributed by atoms with van der Waals surface area (Å²) in [5, 5.41) is 15.4. The van der Waals surface area contributed by atoms with Gasteiger partial charge in [-0.25, -0.2) is 0 Å². The van der Waals surface area contributed by atoms with Gasteiger partial charge in [0.05, 0.1) is 29.4 Å². The van der Waals surface area contributed by atoms with E-state index in [-0.39, 0.29) is 18.0 Å². The summed E-state index contributed by atoms with van der Waals surface area (Å²) in [4.78, 5) is 16.6. The van der Waals surface area contributed by atoms with Crippen LogP contribution in [0.3, 0.4) is 0 Å². The first-order valence-corrected chi connectivity index (χ1v) is 11.9. The summed E-state index contributed by atoms with van der Waals surface area (Å²) in [6.07, 6.45) is 1.55. The Morgan fingerprint density at radius 3 is 2.54 bits per heavy atom. The number of benzene rings is 2. The number of hydrogen-bond donors (Lipinski definition) is 1. The maximum Gasteiger partial charge on any atom is 0.283 e. The van der Waals surface area contributed by atoms with Crippen molar-refractivity contribution in [1.82, 2.24) is 5.01 Å². The highest BCUT2D eigenvalue weighted by Gasteiger charge is 2.34. The molecule has 2 heterocycles. The predicted molar refractivity (Wildman–Crippen MR) is 137 cm³/mol. The fraction of sp³-hybridized carbons (Fsp3) is 0.250.